The molecular weight excluding hydrogens is 582 g/mol. The van der Waals surface area contributed by atoms with Gasteiger partial charge in [0.1, 0.15) is 6.54 Å². The lowest BCUT2D eigenvalue weighted by Crippen LogP contribution is -2.43. The second kappa shape index (κ2) is 15.7. The molecule has 12 heteroatoms. The molecule has 0 aliphatic rings. The first kappa shape index (κ1) is 33.8. The Labute approximate surface area is 262 Å². The zero-order valence-electron chi connectivity index (χ0n) is 26.7. The summed E-state index contributed by atoms with van der Waals surface area (Å²) in [5.41, 5.74) is 4.17. The van der Waals surface area contributed by atoms with Crippen molar-refractivity contribution in [3.8, 4) is 17.0 Å². The minimum atomic E-state index is -1.05. The first-order chi connectivity index (χ1) is 21.7. The monoisotopic (exact) mass is 625 g/mol. The lowest BCUT2D eigenvalue weighted by molar-refractivity contribution is -0.890. The van der Waals surface area contributed by atoms with Crippen molar-refractivity contribution in [2.75, 3.05) is 66.5 Å². The molecule has 45 heavy (non-hydrogen) atoms. The number of nitrogens with one attached hydrogen (secondary N) is 2. The lowest BCUT2D eigenvalue weighted by atomic mass is 10.0. The summed E-state index contributed by atoms with van der Waals surface area (Å²) in [6.45, 7) is 6.57. The molecule has 242 valence electrons. The van der Waals surface area contributed by atoms with Gasteiger partial charge in [0.05, 0.1) is 66.4 Å². The number of hydrogen-bond acceptors (Lipinski definition) is 8. The number of nitrogens with zero attached hydrogens (tertiary/aromatic N) is 4. The van der Waals surface area contributed by atoms with E-state index in [9.17, 15) is 13.6 Å². The number of esters is 1. The van der Waals surface area contributed by atoms with E-state index in [-0.39, 0.29) is 17.3 Å². The van der Waals surface area contributed by atoms with Crippen molar-refractivity contribution in [1.29, 1.82) is 0 Å². The maximum atomic E-state index is 14.8. The van der Waals surface area contributed by atoms with Gasteiger partial charge in [-0.1, -0.05) is 13.0 Å². The molecule has 0 bridgehead atoms. The standard InChI is InChI=1S/C33H43F2N6O4/c1-6-23-20-25(10-9-24(23)21-36-14-18-45-19-17-41(2,3)16-7-8-29(42)44-5)39-32-33-38-22-27(40(33)15-13-37-32)26-11-12-28(43-4)31(35)30(26)34/h9-13,15,20,22,36H,6-8,14,16-19,21H2,1-5H3,(H,37,39)/q+1. The van der Waals surface area contributed by atoms with Crippen LogP contribution < -0.4 is 15.4 Å². The van der Waals surface area contributed by atoms with Crippen LogP contribution in [0.4, 0.5) is 20.3 Å². The predicted molar refractivity (Wildman–Crippen MR) is 170 cm³/mol. The van der Waals surface area contributed by atoms with Crippen molar-refractivity contribution in [3.05, 3.63) is 71.7 Å². The summed E-state index contributed by atoms with van der Waals surface area (Å²) < 4.78 is 47.1. The Morgan fingerprint density at radius 2 is 1.84 bits per heavy atom. The number of rotatable bonds is 17. The number of hydrogen-bond donors (Lipinski definition) is 2. The molecule has 0 saturated carbocycles. The second-order valence-electron chi connectivity index (χ2n) is 11.4. The third kappa shape index (κ3) is 8.74. The number of ether oxygens (including phenoxy) is 3. The van der Waals surface area contributed by atoms with Crippen molar-refractivity contribution >= 4 is 23.1 Å². The van der Waals surface area contributed by atoms with Crippen molar-refractivity contribution < 1.29 is 32.3 Å². The summed E-state index contributed by atoms with van der Waals surface area (Å²) in [4.78, 5) is 20.2. The fourth-order valence-electron chi connectivity index (χ4n) is 5.08. The molecule has 4 aromatic rings. The molecule has 0 unspecified atom stereocenters. The normalized spacial score (nSPS) is 11.6. The summed E-state index contributed by atoms with van der Waals surface area (Å²) in [6.07, 6.45) is 6.82. The van der Waals surface area contributed by atoms with Crippen molar-refractivity contribution in [2.45, 2.75) is 32.7 Å². The number of benzene rings is 2. The van der Waals surface area contributed by atoms with Crippen LogP contribution in [0.25, 0.3) is 16.9 Å². The van der Waals surface area contributed by atoms with Gasteiger partial charge in [0.25, 0.3) is 0 Å². The molecule has 0 radical (unpaired) electrons. The van der Waals surface area contributed by atoms with Gasteiger partial charge in [-0.05, 0) is 41.8 Å². The van der Waals surface area contributed by atoms with Gasteiger partial charge in [0.15, 0.2) is 23.0 Å². The van der Waals surface area contributed by atoms with E-state index in [0.29, 0.717) is 43.3 Å². The quantitative estimate of drug-likeness (QED) is 0.0948. The fraction of sp³-hybridized carbons (Fsp3) is 0.424. The molecule has 2 aromatic carbocycles. The Kier molecular flexibility index (Phi) is 11.8. The van der Waals surface area contributed by atoms with Gasteiger partial charge >= 0.3 is 5.97 Å². The summed E-state index contributed by atoms with van der Waals surface area (Å²) in [5, 5.41) is 6.80. The van der Waals surface area contributed by atoms with Crippen LogP contribution in [0.1, 0.15) is 30.9 Å². The third-order valence-corrected chi connectivity index (χ3v) is 7.77. The number of halogens is 2. The van der Waals surface area contributed by atoms with Gasteiger partial charge < -0.3 is 29.3 Å². The van der Waals surface area contributed by atoms with E-state index in [1.54, 1.807) is 16.8 Å². The topological polar surface area (TPSA) is 99.0 Å². The number of anilines is 2. The largest absolute Gasteiger partial charge is 0.494 e. The number of aromatic nitrogens is 3. The number of likely N-dealkylation sites (N-methyl/N-ethyl adjacent to an activating group) is 1. The second-order valence-corrected chi connectivity index (χ2v) is 11.4. The summed E-state index contributed by atoms with van der Waals surface area (Å²) >= 11 is 0. The molecule has 0 amide bonds. The Bertz CT molecular complexity index is 1590. The number of fused-ring (bicyclic) bond motifs is 1. The minimum absolute atomic E-state index is 0.0731. The van der Waals surface area contributed by atoms with Crippen LogP contribution >= 0.6 is 0 Å². The Hall–Kier alpha value is -4.13. The van der Waals surface area contributed by atoms with Gasteiger partial charge in [-0.3, -0.25) is 9.20 Å². The van der Waals surface area contributed by atoms with Gasteiger partial charge in [-0.2, -0.15) is 4.39 Å². The molecule has 0 atom stereocenters. The first-order valence-corrected chi connectivity index (χ1v) is 15.1. The van der Waals surface area contributed by atoms with Crippen LogP contribution in [0.15, 0.2) is 48.9 Å². The van der Waals surface area contributed by atoms with E-state index < -0.39 is 11.6 Å². The minimum Gasteiger partial charge on any atom is -0.494 e. The number of quaternary nitrogens is 1. The van der Waals surface area contributed by atoms with Crippen LogP contribution in [0.3, 0.4) is 0 Å². The molecule has 0 spiro atoms. The average molecular weight is 626 g/mol. The maximum Gasteiger partial charge on any atom is 0.305 e. The molecule has 0 fully saturated rings. The van der Waals surface area contributed by atoms with E-state index in [4.69, 9.17) is 14.2 Å². The average Bonchev–Trinajstić information content (AvgIpc) is 3.47. The van der Waals surface area contributed by atoms with Crippen LogP contribution in [0, 0.1) is 11.6 Å². The van der Waals surface area contributed by atoms with E-state index in [0.717, 1.165) is 42.6 Å². The molecule has 4 rings (SSSR count). The van der Waals surface area contributed by atoms with Crippen LogP contribution in [0.5, 0.6) is 5.75 Å². The van der Waals surface area contributed by atoms with Gasteiger partial charge in [-0.25, -0.2) is 14.4 Å². The van der Waals surface area contributed by atoms with E-state index in [1.165, 1.54) is 43.7 Å². The molecule has 10 nitrogen and oxygen atoms in total. The van der Waals surface area contributed by atoms with Gasteiger partial charge in [0, 0.05) is 43.2 Å². The zero-order chi connectivity index (χ0) is 32.4. The summed E-state index contributed by atoms with van der Waals surface area (Å²) in [5.74, 6) is -1.88. The molecule has 0 aliphatic heterocycles. The number of carbonyl (C=O) groups excluding carboxylic acids is 1. The molecule has 2 N–H and O–H groups in total. The van der Waals surface area contributed by atoms with E-state index >= 15 is 0 Å². The Morgan fingerprint density at radius 1 is 1.02 bits per heavy atom. The Balaban J connectivity index is 1.30. The summed E-state index contributed by atoms with van der Waals surface area (Å²) in [6, 6.07) is 9.01. The van der Waals surface area contributed by atoms with E-state index in [1.807, 2.05) is 6.07 Å². The Morgan fingerprint density at radius 3 is 2.60 bits per heavy atom. The van der Waals surface area contributed by atoms with Crippen LogP contribution in [-0.2, 0) is 27.2 Å². The summed E-state index contributed by atoms with van der Waals surface area (Å²) in [7, 11) is 6.98. The predicted octanol–water partition coefficient (Wildman–Crippen LogP) is 5.12. The number of imidazole rings is 1. The number of carbonyl (C=O) groups is 1. The first-order valence-electron chi connectivity index (χ1n) is 15.1. The number of methoxy groups -OCH3 is 2. The molecule has 0 aliphatic carbocycles. The van der Waals surface area contributed by atoms with Crippen LogP contribution in [0.2, 0.25) is 0 Å². The van der Waals surface area contributed by atoms with Crippen molar-refractivity contribution in [1.82, 2.24) is 19.7 Å². The smallest absolute Gasteiger partial charge is 0.305 e. The molecule has 0 saturated heterocycles. The van der Waals surface area contributed by atoms with Gasteiger partial charge in [-0.15, -0.1) is 0 Å². The molecule has 2 aromatic heterocycles. The third-order valence-electron chi connectivity index (χ3n) is 7.77. The highest BCUT2D eigenvalue weighted by atomic mass is 19.2. The fourth-order valence-corrected chi connectivity index (χ4v) is 5.08. The van der Waals surface area contributed by atoms with Crippen molar-refractivity contribution in [3.63, 3.8) is 0 Å². The number of aryl methyl sites for hydroxylation is 1. The highest BCUT2D eigenvalue weighted by Gasteiger charge is 2.19. The molecular formula is C33H43F2N6O4+. The van der Waals surface area contributed by atoms with Crippen molar-refractivity contribution in [2.24, 2.45) is 0 Å². The van der Waals surface area contributed by atoms with E-state index in [2.05, 4.69) is 53.8 Å². The SMILES string of the molecule is CCc1cc(Nc2nccn3c(-c4ccc(OC)c(F)c4F)cnc23)ccc1CNCCOCC[N+](C)(C)CCCC(=O)OC. The maximum absolute atomic E-state index is 14.8. The lowest BCUT2D eigenvalue weighted by Gasteiger charge is -2.29. The highest BCUT2D eigenvalue weighted by Crippen LogP contribution is 2.31. The van der Waals surface area contributed by atoms with Crippen LogP contribution in [-0.4, -0.2) is 86.0 Å². The van der Waals surface area contributed by atoms with Gasteiger partial charge in [0.2, 0.25) is 5.82 Å². The zero-order valence-corrected chi connectivity index (χ0v) is 26.7. The highest BCUT2D eigenvalue weighted by molar-refractivity contribution is 5.75. The molecule has 2 heterocycles.